The highest BCUT2D eigenvalue weighted by molar-refractivity contribution is 6.12. The number of rotatable bonds is 3. The fraction of sp³-hybridized carbons (Fsp3) is 0.240. The van der Waals surface area contributed by atoms with Crippen molar-refractivity contribution in [3.8, 4) is 11.5 Å². The van der Waals surface area contributed by atoms with Crippen molar-refractivity contribution < 1.29 is 14.3 Å². The molecule has 4 nitrogen and oxygen atoms in total. The Balaban J connectivity index is 1.78. The standard InChI is InChI=1S/C25H23NO3/c1-28-16-11-13-22(29-2)19(14-16)25-24-18(8-5-9-21(24)27)23-17-7-4-3-6-15(17)10-12-20(23)26-25/h3-4,6-7,10-14,25-26H,5,8-9H2,1-2H3/t25-/m0/s1. The second-order valence-corrected chi connectivity index (χ2v) is 7.56. The van der Waals surface area contributed by atoms with Crippen LogP contribution in [0.1, 0.15) is 36.4 Å². The van der Waals surface area contributed by atoms with Crippen molar-refractivity contribution >= 4 is 27.8 Å². The van der Waals surface area contributed by atoms with Gasteiger partial charge in [0.15, 0.2) is 5.78 Å². The largest absolute Gasteiger partial charge is 0.497 e. The summed E-state index contributed by atoms with van der Waals surface area (Å²) >= 11 is 0. The third-order valence-corrected chi connectivity index (χ3v) is 6.02. The summed E-state index contributed by atoms with van der Waals surface area (Å²) in [4.78, 5) is 13.1. The number of Topliss-reactive ketones (excluding diaryl/α,β-unsaturated/α-hetero) is 1. The van der Waals surface area contributed by atoms with E-state index in [4.69, 9.17) is 9.47 Å². The number of ketones is 1. The lowest BCUT2D eigenvalue weighted by atomic mass is 9.76. The lowest BCUT2D eigenvalue weighted by Crippen LogP contribution is -2.27. The van der Waals surface area contributed by atoms with Crippen LogP contribution < -0.4 is 14.8 Å². The van der Waals surface area contributed by atoms with Crippen molar-refractivity contribution in [3.05, 3.63) is 71.3 Å². The van der Waals surface area contributed by atoms with Crippen LogP contribution in [0.25, 0.3) is 16.3 Å². The molecular formula is C25H23NO3. The average Bonchev–Trinajstić information content (AvgIpc) is 2.77. The number of methoxy groups -OCH3 is 2. The number of anilines is 1. The van der Waals surface area contributed by atoms with Gasteiger partial charge in [-0.2, -0.15) is 0 Å². The van der Waals surface area contributed by atoms with Crippen molar-refractivity contribution in [3.63, 3.8) is 0 Å². The van der Waals surface area contributed by atoms with E-state index in [0.717, 1.165) is 41.2 Å². The highest BCUT2D eigenvalue weighted by atomic mass is 16.5. The van der Waals surface area contributed by atoms with E-state index in [2.05, 4.69) is 41.7 Å². The van der Waals surface area contributed by atoms with Gasteiger partial charge in [-0.25, -0.2) is 0 Å². The summed E-state index contributed by atoms with van der Waals surface area (Å²) in [7, 11) is 3.31. The molecule has 0 saturated heterocycles. The molecule has 0 saturated carbocycles. The fourth-order valence-corrected chi connectivity index (χ4v) is 4.70. The van der Waals surface area contributed by atoms with Crippen molar-refractivity contribution in [2.75, 3.05) is 19.5 Å². The SMILES string of the molecule is COc1ccc(OC)c([C@@H]2Nc3ccc4ccccc4c3C3=C2C(=O)CCC3)c1. The summed E-state index contributed by atoms with van der Waals surface area (Å²) < 4.78 is 11.1. The molecule has 4 heteroatoms. The van der Waals surface area contributed by atoms with Gasteiger partial charge in [0.05, 0.1) is 20.3 Å². The molecule has 0 fully saturated rings. The van der Waals surface area contributed by atoms with E-state index in [-0.39, 0.29) is 11.8 Å². The topological polar surface area (TPSA) is 47.6 Å². The Kier molecular flexibility index (Phi) is 4.27. The molecule has 0 amide bonds. The molecule has 3 aromatic rings. The van der Waals surface area contributed by atoms with Gasteiger partial charge >= 0.3 is 0 Å². The van der Waals surface area contributed by atoms with E-state index in [9.17, 15) is 4.79 Å². The summed E-state index contributed by atoms with van der Waals surface area (Å²) in [5.74, 6) is 1.71. The van der Waals surface area contributed by atoms with Crippen LogP contribution in [0, 0.1) is 0 Å². The average molecular weight is 385 g/mol. The maximum atomic E-state index is 13.1. The van der Waals surface area contributed by atoms with Crippen LogP contribution in [0.15, 0.2) is 60.2 Å². The molecule has 1 aliphatic heterocycles. The van der Waals surface area contributed by atoms with Crippen LogP contribution in [-0.2, 0) is 4.79 Å². The highest BCUT2D eigenvalue weighted by Crippen LogP contribution is 2.49. The van der Waals surface area contributed by atoms with Gasteiger partial charge < -0.3 is 14.8 Å². The van der Waals surface area contributed by atoms with Crippen molar-refractivity contribution in [1.29, 1.82) is 0 Å². The first-order chi connectivity index (χ1) is 14.2. The van der Waals surface area contributed by atoms with Crippen molar-refractivity contribution in [1.82, 2.24) is 0 Å². The van der Waals surface area contributed by atoms with Gasteiger partial charge in [-0.15, -0.1) is 0 Å². The minimum absolute atomic E-state index is 0.215. The molecule has 0 radical (unpaired) electrons. The third-order valence-electron chi connectivity index (χ3n) is 6.02. The van der Waals surface area contributed by atoms with E-state index < -0.39 is 0 Å². The van der Waals surface area contributed by atoms with Gasteiger partial charge in [-0.05, 0) is 53.5 Å². The van der Waals surface area contributed by atoms with Crippen LogP contribution in [0.5, 0.6) is 11.5 Å². The number of benzene rings is 3. The predicted molar refractivity (Wildman–Crippen MR) is 116 cm³/mol. The van der Waals surface area contributed by atoms with Gasteiger partial charge in [-0.3, -0.25) is 4.79 Å². The van der Waals surface area contributed by atoms with E-state index in [1.165, 1.54) is 21.9 Å². The Morgan fingerprint density at radius 2 is 1.83 bits per heavy atom. The molecule has 1 heterocycles. The summed E-state index contributed by atoms with van der Waals surface area (Å²) in [6, 6.07) is 18.1. The number of carbonyl (C=O) groups excluding carboxylic acids is 1. The second kappa shape index (κ2) is 6.96. The zero-order chi connectivity index (χ0) is 20.0. The monoisotopic (exact) mass is 385 g/mol. The summed E-state index contributed by atoms with van der Waals surface area (Å²) in [6.45, 7) is 0. The smallest absolute Gasteiger partial charge is 0.161 e. The van der Waals surface area contributed by atoms with Gasteiger partial charge in [0, 0.05) is 28.8 Å². The second-order valence-electron chi connectivity index (χ2n) is 7.56. The summed E-state index contributed by atoms with van der Waals surface area (Å²) in [6.07, 6.45) is 2.39. The molecule has 146 valence electrons. The Bertz CT molecular complexity index is 1160. The fourth-order valence-electron chi connectivity index (χ4n) is 4.70. The lowest BCUT2D eigenvalue weighted by molar-refractivity contribution is -0.116. The summed E-state index contributed by atoms with van der Waals surface area (Å²) in [5.41, 5.74) is 5.19. The molecule has 1 aliphatic carbocycles. The maximum Gasteiger partial charge on any atom is 0.161 e. The number of hydrogen-bond acceptors (Lipinski definition) is 4. The number of carbonyl (C=O) groups is 1. The van der Waals surface area contributed by atoms with Crippen LogP contribution >= 0.6 is 0 Å². The normalized spacial score (nSPS) is 18.1. The Hall–Kier alpha value is -3.27. The lowest BCUT2D eigenvalue weighted by Gasteiger charge is -2.35. The quantitative estimate of drug-likeness (QED) is 0.644. The van der Waals surface area contributed by atoms with Gasteiger partial charge in [0.1, 0.15) is 11.5 Å². The molecule has 1 N–H and O–H groups in total. The molecule has 1 atom stereocenters. The first-order valence-corrected chi connectivity index (χ1v) is 9.98. The van der Waals surface area contributed by atoms with Crippen molar-refractivity contribution in [2.24, 2.45) is 0 Å². The molecule has 0 unspecified atom stereocenters. The zero-order valence-corrected chi connectivity index (χ0v) is 16.6. The van der Waals surface area contributed by atoms with E-state index >= 15 is 0 Å². The predicted octanol–water partition coefficient (Wildman–Crippen LogP) is 5.53. The molecule has 3 aromatic carbocycles. The first-order valence-electron chi connectivity index (χ1n) is 9.98. The van der Waals surface area contributed by atoms with Crippen LogP contribution in [0.2, 0.25) is 0 Å². The number of fused-ring (bicyclic) bond motifs is 4. The minimum atomic E-state index is -0.253. The number of allylic oxidation sites excluding steroid dienone is 1. The number of ether oxygens (including phenoxy) is 2. The minimum Gasteiger partial charge on any atom is -0.497 e. The van der Waals surface area contributed by atoms with Gasteiger partial charge in [0.25, 0.3) is 0 Å². The Morgan fingerprint density at radius 1 is 0.966 bits per heavy atom. The summed E-state index contributed by atoms with van der Waals surface area (Å²) in [5, 5.41) is 6.03. The van der Waals surface area contributed by atoms with E-state index in [1.54, 1.807) is 14.2 Å². The first kappa shape index (κ1) is 17.8. The molecule has 29 heavy (non-hydrogen) atoms. The van der Waals surface area contributed by atoms with E-state index in [1.807, 2.05) is 18.2 Å². The molecule has 0 spiro atoms. The maximum absolute atomic E-state index is 13.1. The molecule has 5 rings (SSSR count). The molecule has 0 bridgehead atoms. The van der Waals surface area contributed by atoms with Gasteiger partial charge in [-0.1, -0.05) is 30.3 Å². The van der Waals surface area contributed by atoms with Crippen LogP contribution in [-0.4, -0.2) is 20.0 Å². The van der Waals surface area contributed by atoms with Crippen LogP contribution in [0.4, 0.5) is 5.69 Å². The molecule has 2 aliphatic rings. The number of nitrogens with one attached hydrogen (secondary N) is 1. The van der Waals surface area contributed by atoms with Crippen LogP contribution in [0.3, 0.4) is 0 Å². The Labute approximate surface area is 170 Å². The Morgan fingerprint density at radius 3 is 2.66 bits per heavy atom. The highest BCUT2D eigenvalue weighted by Gasteiger charge is 2.36. The van der Waals surface area contributed by atoms with Crippen molar-refractivity contribution in [2.45, 2.75) is 25.3 Å². The third kappa shape index (κ3) is 2.79. The van der Waals surface area contributed by atoms with Gasteiger partial charge in [0.2, 0.25) is 0 Å². The van der Waals surface area contributed by atoms with E-state index in [0.29, 0.717) is 6.42 Å². The molecular weight excluding hydrogens is 362 g/mol. The number of hydrogen-bond donors (Lipinski definition) is 1. The zero-order valence-electron chi connectivity index (χ0n) is 16.6. The molecule has 0 aromatic heterocycles.